The van der Waals surface area contributed by atoms with Crippen molar-refractivity contribution in [3.63, 3.8) is 0 Å². The number of carboxylic acids is 1. The summed E-state index contributed by atoms with van der Waals surface area (Å²) in [5.74, 6) is -1.55. The first-order valence-corrected chi connectivity index (χ1v) is 9.12. The van der Waals surface area contributed by atoms with E-state index in [0.29, 0.717) is 37.8 Å². The van der Waals surface area contributed by atoms with Crippen LogP contribution in [0.2, 0.25) is 0 Å². The van der Waals surface area contributed by atoms with E-state index in [-0.39, 0.29) is 23.7 Å². The van der Waals surface area contributed by atoms with Gasteiger partial charge in [-0.1, -0.05) is 12.1 Å². The lowest BCUT2D eigenvalue weighted by atomic mass is 9.86. The number of carbonyl (C=O) groups is 2. The van der Waals surface area contributed by atoms with E-state index < -0.39 is 5.97 Å². The third-order valence-corrected chi connectivity index (χ3v) is 5.31. The Balaban J connectivity index is 1.54. The summed E-state index contributed by atoms with van der Waals surface area (Å²) in [6, 6.07) is 6.23. The van der Waals surface area contributed by atoms with Crippen molar-refractivity contribution in [2.45, 2.75) is 38.1 Å². The molecule has 0 saturated heterocycles. The summed E-state index contributed by atoms with van der Waals surface area (Å²) < 4.78 is 12.9. The number of aromatic nitrogens is 1. The zero-order valence-electron chi connectivity index (χ0n) is 13.6. The maximum Gasteiger partial charge on any atom is 0.306 e. The second-order valence-electron chi connectivity index (χ2n) is 6.29. The third kappa shape index (κ3) is 4.63. The lowest BCUT2D eigenvalue weighted by molar-refractivity contribution is -0.142. The van der Waals surface area contributed by atoms with Crippen LogP contribution in [0.15, 0.2) is 29.6 Å². The van der Waals surface area contributed by atoms with Crippen molar-refractivity contribution < 1.29 is 19.1 Å². The van der Waals surface area contributed by atoms with Crippen molar-refractivity contribution in [1.82, 2.24) is 10.3 Å². The standard InChI is InChI=1S/C18H19FN2O3S/c19-13-5-1-11(2-6-13)9-16-21-15(10-25-16)17(22)20-14-7-3-12(4-8-14)18(23)24/h1-2,5-6,10,12,14H,3-4,7-9H2,(H,20,22)(H,23,24). The molecule has 1 aromatic heterocycles. The number of rotatable bonds is 5. The third-order valence-electron chi connectivity index (χ3n) is 4.46. The number of nitrogens with zero attached hydrogens (tertiary/aromatic N) is 1. The molecule has 25 heavy (non-hydrogen) atoms. The highest BCUT2D eigenvalue weighted by atomic mass is 32.1. The number of halogens is 1. The Labute approximate surface area is 148 Å². The van der Waals surface area contributed by atoms with Gasteiger partial charge in [0.05, 0.1) is 10.9 Å². The van der Waals surface area contributed by atoms with Gasteiger partial charge in [-0.25, -0.2) is 9.37 Å². The van der Waals surface area contributed by atoms with Crippen molar-refractivity contribution in [2.24, 2.45) is 5.92 Å². The zero-order valence-corrected chi connectivity index (χ0v) is 14.4. The molecule has 1 aliphatic carbocycles. The van der Waals surface area contributed by atoms with E-state index in [4.69, 9.17) is 5.11 Å². The van der Waals surface area contributed by atoms with Gasteiger partial charge >= 0.3 is 5.97 Å². The van der Waals surface area contributed by atoms with Crippen LogP contribution in [0.25, 0.3) is 0 Å². The number of aliphatic carboxylic acids is 1. The van der Waals surface area contributed by atoms with Gasteiger partial charge in [-0.15, -0.1) is 11.3 Å². The van der Waals surface area contributed by atoms with Gasteiger partial charge in [0.1, 0.15) is 11.5 Å². The number of hydrogen-bond acceptors (Lipinski definition) is 4. The molecular weight excluding hydrogens is 343 g/mol. The molecule has 1 heterocycles. The van der Waals surface area contributed by atoms with Gasteiger partial charge in [0.25, 0.3) is 5.91 Å². The van der Waals surface area contributed by atoms with Crippen molar-refractivity contribution in [1.29, 1.82) is 0 Å². The van der Waals surface area contributed by atoms with E-state index >= 15 is 0 Å². The zero-order chi connectivity index (χ0) is 17.8. The predicted octanol–water partition coefficient (Wildman–Crippen LogP) is 3.25. The van der Waals surface area contributed by atoms with Crippen LogP contribution < -0.4 is 5.32 Å². The first-order valence-electron chi connectivity index (χ1n) is 8.24. The Kier molecular flexibility index (Phi) is 5.43. The van der Waals surface area contributed by atoms with E-state index in [1.165, 1.54) is 23.5 Å². The number of hydrogen-bond donors (Lipinski definition) is 2. The fraction of sp³-hybridized carbons (Fsp3) is 0.389. The number of thiazole rings is 1. The first-order chi connectivity index (χ1) is 12.0. The van der Waals surface area contributed by atoms with Crippen LogP contribution in [0.3, 0.4) is 0 Å². The molecule has 132 valence electrons. The number of amides is 1. The Bertz CT molecular complexity index is 752. The molecule has 1 aliphatic rings. The minimum absolute atomic E-state index is 0.00495. The molecule has 1 amide bonds. The van der Waals surface area contributed by atoms with Crippen LogP contribution >= 0.6 is 11.3 Å². The van der Waals surface area contributed by atoms with E-state index in [1.807, 2.05) is 0 Å². The van der Waals surface area contributed by atoms with Crippen LogP contribution in [0.5, 0.6) is 0 Å². The Morgan fingerprint density at radius 2 is 1.88 bits per heavy atom. The highest BCUT2D eigenvalue weighted by molar-refractivity contribution is 7.09. The maximum absolute atomic E-state index is 12.9. The quantitative estimate of drug-likeness (QED) is 0.856. The van der Waals surface area contributed by atoms with Gasteiger partial charge in [-0.3, -0.25) is 9.59 Å². The second kappa shape index (κ2) is 7.74. The van der Waals surface area contributed by atoms with Gasteiger partial charge < -0.3 is 10.4 Å². The fourth-order valence-electron chi connectivity index (χ4n) is 3.02. The van der Waals surface area contributed by atoms with Crippen LogP contribution in [0, 0.1) is 11.7 Å². The Hall–Kier alpha value is -2.28. The topological polar surface area (TPSA) is 79.3 Å². The molecule has 0 radical (unpaired) electrons. The molecule has 0 spiro atoms. The molecule has 1 fully saturated rings. The molecule has 5 nitrogen and oxygen atoms in total. The predicted molar refractivity (Wildman–Crippen MR) is 92.2 cm³/mol. The molecule has 0 atom stereocenters. The molecule has 7 heteroatoms. The average Bonchev–Trinajstić information content (AvgIpc) is 3.06. The summed E-state index contributed by atoms with van der Waals surface area (Å²) in [4.78, 5) is 27.6. The lowest BCUT2D eigenvalue weighted by Crippen LogP contribution is -2.38. The van der Waals surface area contributed by atoms with Crippen molar-refractivity contribution in [2.75, 3.05) is 0 Å². The summed E-state index contributed by atoms with van der Waals surface area (Å²) in [5, 5.41) is 14.5. The summed E-state index contributed by atoms with van der Waals surface area (Å²) in [5.41, 5.74) is 1.32. The highest BCUT2D eigenvalue weighted by Gasteiger charge is 2.27. The first kappa shape index (κ1) is 17.5. The van der Waals surface area contributed by atoms with Gasteiger partial charge in [0.15, 0.2) is 0 Å². The van der Waals surface area contributed by atoms with Crippen LogP contribution in [0.4, 0.5) is 4.39 Å². The number of carboxylic acid groups (broad SMARTS) is 1. The monoisotopic (exact) mass is 362 g/mol. The van der Waals surface area contributed by atoms with Crippen molar-refractivity contribution in [3.8, 4) is 0 Å². The van der Waals surface area contributed by atoms with E-state index in [0.717, 1.165) is 10.6 Å². The molecule has 1 saturated carbocycles. The Morgan fingerprint density at radius 3 is 2.52 bits per heavy atom. The minimum atomic E-state index is -0.755. The molecule has 2 N–H and O–H groups in total. The largest absolute Gasteiger partial charge is 0.481 e. The van der Waals surface area contributed by atoms with Gasteiger partial charge in [0, 0.05) is 17.8 Å². The minimum Gasteiger partial charge on any atom is -0.481 e. The molecule has 0 unspecified atom stereocenters. The summed E-state index contributed by atoms with van der Waals surface area (Å²) in [6.45, 7) is 0. The normalized spacial score (nSPS) is 20.2. The highest BCUT2D eigenvalue weighted by Crippen LogP contribution is 2.25. The average molecular weight is 362 g/mol. The maximum atomic E-state index is 12.9. The second-order valence-corrected chi connectivity index (χ2v) is 7.23. The molecule has 1 aromatic carbocycles. The lowest BCUT2D eigenvalue weighted by Gasteiger charge is -2.26. The Morgan fingerprint density at radius 1 is 1.20 bits per heavy atom. The molecule has 0 bridgehead atoms. The fourth-order valence-corrected chi connectivity index (χ4v) is 3.83. The van der Waals surface area contributed by atoms with Gasteiger partial charge in [-0.05, 0) is 43.4 Å². The van der Waals surface area contributed by atoms with E-state index in [1.54, 1.807) is 17.5 Å². The SMILES string of the molecule is O=C(NC1CCC(C(=O)O)CC1)c1csc(Cc2ccc(F)cc2)n1. The van der Waals surface area contributed by atoms with Crippen molar-refractivity contribution >= 4 is 23.2 Å². The van der Waals surface area contributed by atoms with E-state index in [2.05, 4.69) is 10.3 Å². The molecular formula is C18H19FN2O3S. The van der Waals surface area contributed by atoms with Crippen molar-refractivity contribution in [3.05, 3.63) is 51.7 Å². The van der Waals surface area contributed by atoms with Crippen LogP contribution in [-0.4, -0.2) is 28.0 Å². The van der Waals surface area contributed by atoms with E-state index in [9.17, 15) is 14.0 Å². The molecule has 3 rings (SSSR count). The van der Waals surface area contributed by atoms with Crippen LogP contribution in [-0.2, 0) is 11.2 Å². The summed E-state index contributed by atoms with van der Waals surface area (Å²) >= 11 is 1.40. The van der Waals surface area contributed by atoms with Crippen LogP contribution in [0.1, 0.15) is 46.7 Å². The smallest absolute Gasteiger partial charge is 0.306 e. The number of benzene rings is 1. The van der Waals surface area contributed by atoms with Gasteiger partial charge in [0.2, 0.25) is 0 Å². The number of carbonyl (C=O) groups excluding carboxylic acids is 1. The summed E-state index contributed by atoms with van der Waals surface area (Å²) in [7, 11) is 0. The summed E-state index contributed by atoms with van der Waals surface area (Å²) in [6.07, 6.45) is 3.09. The number of nitrogens with one attached hydrogen (secondary N) is 1. The molecule has 2 aromatic rings. The molecule has 0 aliphatic heterocycles. The van der Waals surface area contributed by atoms with Gasteiger partial charge in [-0.2, -0.15) is 0 Å².